The molecule has 0 spiro atoms. The Morgan fingerprint density at radius 3 is 2.68 bits per heavy atom. The quantitative estimate of drug-likeness (QED) is 0.840. The van der Waals surface area contributed by atoms with Crippen molar-refractivity contribution in [2.75, 3.05) is 20.3 Å². The molecule has 1 aromatic rings. The van der Waals surface area contributed by atoms with Gasteiger partial charge in [0.05, 0.1) is 31.5 Å². The van der Waals surface area contributed by atoms with Crippen molar-refractivity contribution >= 4 is 11.6 Å². The normalized spacial score (nSPS) is 24.0. The number of fused-ring (bicyclic) bond motifs is 1. The minimum atomic E-state index is -0.746. The molecule has 6 heteroatoms. The van der Waals surface area contributed by atoms with Gasteiger partial charge < -0.3 is 18.9 Å². The standard InChI is InChI=1S/C19H18O6/c1-19(23-8-9-24-19)10-11-6-7-13-16(20)12-4-3-5-14(22-2)15(12)17(21)18(13)25-11/h3-7,11H,8-10H2,1-2H3. The van der Waals surface area contributed by atoms with Crippen molar-refractivity contribution in [3.05, 3.63) is 52.8 Å². The predicted octanol–water partition coefficient (Wildman–Crippen LogP) is 2.44. The molecule has 1 unspecified atom stereocenters. The molecule has 130 valence electrons. The van der Waals surface area contributed by atoms with Crippen molar-refractivity contribution in [2.45, 2.75) is 25.2 Å². The predicted molar refractivity (Wildman–Crippen MR) is 87.6 cm³/mol. The molecule has 0 amide bonds. The van der Waals surface area contributed by atoms with Crippen LogP contribution in [0, 0.1) is 0 Å². The minimum absolute atomic E-state index is 0.0658. The maximum atomic E-state index is 12.9. The monoisotopic (exact) mass is 342 g/mol. The van der Waals surface area contributed by atoms with Gasteiger partial charge in [0.25, 0.3) is 0 Å². The number of ketones is 2. The van der Waals surface area contributed by atoms with E-state index in [1.165, 1.54) is 7.11 Å². The number of Topliss-reactive ketones (excluding diaryl/α,β-unsaturated/α-hetero) is 2. The van der Waals surface area contributed by atoms with Crippen LogP contribution in [0.1, 0.15) is 34.1 Å². The summed E-state index contributed by atoms with van der Waals surface area (Å²) in [7, 11) is 1.47. The van der Waals surface area contributed by atoms with Crippen LogP contribution >= 0.6 is 0 Å². The molecule has 0 bridgehead atoms. The van der Waals surface area contributed by atoms with Crippen LogP contribution in [0.5, 0.6) is 5.75 Å². The third-order valence-electron chi connectivity index (χ3n) is 4.63. The lowest BCUT2D eigenvalue weighted by Gasteiger charge is -2.31. The lowest BCUT2D eigenvalue weighted by Crippen LogP contribution is -2.35. The van der Waals surface area contributed by atoms with E-state index >= 15 is 0 Å². The van der Waals surface area contributed by atoms with E-state index in [1.807, 2.05) is 6.92 Å². The first-order valence-corrected chi connectivity index (χ1v) is 8.16. The highest BCUT2D eigenvalue weighted by molar-refractivity contribution is 6.28. The van der Waals surface area contributed by atoms with Crippen molar-refractivity contribution in [3.63, 3.8) is 0 Å². The average Bonchev–Trinajstić information content (AvgIpc) is 3.05. The van der Waals surface area contributed by atoms with Gasteiger partial charge in [0, 0.05) is 12.0 Å². The molecule has 3 aliphatic rings. The Labute approximate surface area is 145 Å². The number of hydrogen-bond donors (Lipinski definition) is 0. The summed E-state index contributed by atoms with van der Waals surface area (Å²) >= 11 is 0. The maximum Gasteiger partial charge on any atom is 0.232 e. The molecule has 6 nitrogen and oxygen atoms in total. The molecule has 25 heavy (non-hydrogen) atoms. The van der Waals surface area contributed by atoms with E-state index in [-0.39, 0.29) is 28.5 Å². The van der Waals surface area contributed by atoms with Crippen LogP contribution in [0.3, 0.4) is 0 Å². The molecule has 2 aliphatic heterocycles. The molecule has 0 radical (unpaired) electrons. The number of allylic oxidation sites excluding steroid dienone is 3. The molecular formula is C19H18O6. The Kier molecular flexibility index (Phi) is 3.74. The second-order valence-electron chi connectivity index (χ2n) is 6.33. The van der Waals surface area contributed by atoms with Crippen LogP contribution < -0.4 is 4.74 Å². The zero-order chi connectivity index (χ0) is 17.6. The van der Waals surface area contributed by atoms with Crippen molar-refractivity contribution in [1.29, 1.82) is 0 Å². The third-order valence-corrected chi connectivity index (χ3v) is 4.63. The summed E-state index contributed by atoms with van der Waals surface area (Å²) in [5.74, 6) is -0.889. The SMILES string of the molecule is COc1cccc2c1C(=O)C1=C(C=CC(CC3(C)OCCO3)O1)C2=O. The Morgan fingerprint density at radius 1 is 1.20 bits per heavy atom. The van der Waals surface area contributed by atoms with Gasteiger partial charge in [-0.15, -0.1) is 0 Å². The van der Waals surface area contributed by atoms with E-state index in [9.17, 15) is 9.59 Å². The van der Waals surface area contributed by atoms with Crippen molar-refractivity contribution in [2.24, 2.45) is 0 Å². The summed E-state index contributed by atoms with van der Waals surface area (Å²) in [5.41, 5.74) is 0.868. The summed E-state index contributed by atoms with van der Waals surface area (Å²) in [6.07, 6.45) is 3.45. The van der Waals surface area contributed by atoms with Gasteiger partial charge in [0.15, 0.2) is 17.3 Å². The lowest BCUT2D eigenvalue weighted by atomic mass is 9.86. The molecule has 1 fully saturated rings. The maximum absolute atomic E-state index is 12.9. The Hall–Kier alpha value is -2.44. The van der Waals surface area contributed by atoms with Gasteiger partial charge in [-0.1, -0.05) is 12.1 Å². The van der Waals surface area contributed by atoms with E-state index in [0.717, 1.165) is 0 Å². The summed E-state index contributed by atoms with van der Waals surface area (Å²) in [6, 6.07) is 4.98. The highest BCUT2D eigenvalue weighted by Gasteiger charge is 2.40. The number of methoxy groups -OCH3 is 1. The second kappa shape index (κ2) is 5.82. The van der Waals surface area contributed by atoms with Gasteiger partial charge in [0.2, 0.25) is 5.78 Å². The fourth-order valence-corrected chi connectivity index (χ4v) is 3.42. The van der Waals surface area contributed by atoms with Gasteiger partial charge in [-0.3, -0.25) is 9.59 Å². The molecule has 1 aliphatic carbocycles. The van der Waals surface area contributed by atoms with Crippen LogP contribution in [-0.2, 0) is 14.2 Å². The first kappa shape index (κ1) is 16.1. The highest BCUT2D eigenvalue weighted by Crippen LogP contribution is 2.37. The molecule has 1 aromatic carbocycles. The van der Waals surface area contributed by atoms with Crippen LogP contribution in [0.15, 0.2) is 41.7 Å². The topological polar surface area (TPSA) is 71.1 Å². The number of carbonyl (C=O) groups is 2. The zero-order valence-corrected chi connectivity index (χ0v) is 14.0. The summed E-state index contributed by atoms with van der Waals surface area (Å²) in [6.45, 7) is 2.90. The molecule has 0 N–H and O–H groups in total. The van der Waals surface area contributed by atoms with Crippen LogP contribution in [0.2, 0.25) is 0 Å². The Bertz CT molecular complexity index is 813. The Morgan fingerprint density at radius 2 is 1.96 bits per heavy atom. The first-order chi connectivity index (χ1) is 12.0. The van der Waals surface area contributed by atoms with Crippen molar-refractivity contribution in [1.82, 2.24) is 0 Å². The molecule has 2 heterocycles. The summed E-state index contributed by atoms with van der Waals surface area (Å²) in [4.78, 5) is 25.7. The van der Waals surface area contributed by atoms with E-state index in [4.69, 9.17) is 18.9 Å². The molecule has 1 atom stereocenters. The van der Waals surface area contributed by atoms with Crippen molar-refractivity contribution in [3.8, 4) is 5.75 Å². The minimum Gasteiger partial charge on any atom is -0.496 e. The fraction of sp³-hybridized carbons (Fsp3) is 0.368. The molecule has 0 saturated carbocycles. The van der Waals surface area contributed by atoms with Crippen LogP contribution in [-0.4, -0.2) is 43.8 Å². The molecule has 1 saturated heterocycles. The van der Waals surface area contributed by atoms with Crippen LogP contribution in [0.4, 0.5) is 0 Å². The number of benzene rings is 1. The Balaban J connectivity index is 1.66. The van der Waals surface area contributed by atoms with Gasteiger partial charge in [-0.25, -0.2) is 0 Å². The summed E-state index contributed by atoms with van der Waals surface area (Å²) < 4.78 is 22.3. The number of hydrogen-bond acceptors (Lipinski definition) is 6. The average molecular weight is 342 g/mol. The van der Waals surface area contributed by atoms with Gasteiger partial charge in [-0.05, 0) is 25.1 Å². The summed E-state index contributed by atoms with van der Waals surface area (Å²) in [5, 5.41) is 0. The van der Waals surface area contributed by atoms with E-state index in [2.05, 4.69) is 0 Å². The van der Waals surface area contributed by atoms with E-state index in [0.29, 0.717) is 30.9 Å². The zero-order valence-electron chi connectivity index (χ0n) is 14.0. The molecule has 4 rings (SSSR count). The van der Waals surface area contributed by atoms with Gasteiger partial charge >= 0.3 is 0 Å². The number of carbonyl (C=O) groups excluding carboxylic acids is 2. The lowest BCUT2D eigenvalue weighted by molar-refractivity contribution is -0.160. The smallest absolute Gasteiger partial charge is 0.232 e. The second-order valence-corrected chi connectivity index (χ2v) is 6.33. The van der Waals surface area contributed by atoms with E-state index < -0.39 is 11.9 Å². The molecule has 0 aromatic heterocycles. The number of ether oxygens (including phenoxy) is 4. The first-order valence-electron chi connectivity index (χ1n) is 8.16. The van der Waals surface area contributed by atoms with Crippen molar-refractivity contribution < 1.29 is 28.5 Å². The van der Waals surface area contributed by atoms with Gasteiger partial charge in [0.1, 0.15) is 11.9 Å². The largest absolute Gasteiger partial charge is 0.496 e. The number of rotatable bonds is 3. The van der Waals surface area contributed by atoms with Crippen LogP contribution in [0.25, 0.3) is 0 Å². The van der Waals surface area contributed by atoms with Gasteiger partial charge in [-0.2, -0.15) is 0 Å². The third kappa shape index (κ3) is 2.58. The van der Waals surface area contributed by atoms with E-state index in [1.54, 1.807) is 30.4 Å². The molecular weight excluding hydrogens is 324 g/mol. The highest BCUT2D eigenvalue weighted by atomic mass is 16.7. The fourth-order valence-electron chi connectivity index (χ4n) is 3.42.